The van der Waals surface area contributed by atoms with Gasteiger partial charge < -0.3 is 4.90 Å². The number of rotatable bonds is 2. The quantitative estimate of drug-likeness (QED) is 0.445. The Balaban J connectivity index is 2.12. The first kappa shape index (κ1) is 12.8. The number of hydrogen-bond donors (Lipinski definition) is 0. The molecule has 0 aliphatic carbocycles. The molecule has 3 rings (SSSR count). The van der Waals surface area contributed by atoms with Crippen molar-refractivity contribution in [3.05, 3.63) is 11.6 Å². The predicted molar refractivity (Wildman–Crippen MR) is 84.1 cm³/mol. The number of nitrogens with zero attached hydrogens (tertiary/aromatic N) is 5. The van der Waals surface area contributed by atoms with Gasteiger partial charge >= 0.3 is 0 Å². The first-order chi connectivity index (χ1) is 8.79. The number of piperidine rings is 1. The van der Waals surface area contributed by atoms with Crippen LogP contribution in [-0.4, -0.2) is 32.4 Å². The van der Waals surface area contributed by atoms with Crippen molar-refractivity contribution in [3.63, 3.8) is 0 Å². The highest BCUT2D eigenvalue weighted by atomic mass is 127. The Kier molecular flexibility index (Phi) is 3.86. The van der Waals surface area contributed by atoms with Crippen molar-refractivity contribution >= 4 is 57.0 Å². The lowest BCUT2D eigenvalue weighted by Gasteiger charge is -2.27. The molecule has 1 aliphatic rings. The average Bonchev–Trinajstić information content (AvgIpc) is 2.81. The van der Waals surface area contributed by atoms with E-state index in [1.165, 1.54) is 19.3 Å². The number of fused-ring (bicyclic) bond motifs is 1. The summed E-state index contributed by atoms with van der Waals surface area (Å²) in [4.78, 5) is 15.4. The van der Waals surface area contributed by atoms with Crippen molar-refractivity contribution in [2.45, 2.75) is 19.3 Å². The van der Waals surface area contributed by atoms with Crippen molar-refractivity contribution in [1.82, 2.24) is 19.3 Å². The van der Waals surface area contributed by atoms with Crippen LogP contribution in [0, 0.1) is 0 Å². The molecule has 0 spiro atoms. The van der Waals surface area contributed by atoms with Gasteiger partial charge in [-0.1, -0.05) is 0 Å². The first-order valence-corrected chi connectivity index (χ1v) is 10.3. The van der Waals surface area contributed by atoms with Crippen molar-refractivity contribution in [3.8, 4) is 0 Å². The highest BCUT2D eigenvalue weighted by molar-refractivity contribution is 14.2. The molecule has 2 aromatic heterocycles. The summed E-state index contributed by atoms with van der Waals surface area (Å²) in [7, 11) is 0. The molecule has 2 aromatic rings. The second-order valence-electron chi connectivity index (χ2n) is 4.24. The third-order valence-corrected chi connectivity index (χ3v) is 5.33. The first-order valence-electron chi connectivity index (χ1n) is 5.82. The summed E-state index contributed by atoms with van der Waals surface area (Å²) in [5.74, 6) is 0.887. The van der Waals surface area contributed by atoms with E-state index in [0.717, 1.165) is 30.1 Å². The molecule has 1 saturated heterocycles. The van der Waals surface area contributed by atoms with Crippen LogP contribution in [0.4, 0.5) is 5.82 Å². The van der Waals surface area contributed by atoms with Crippen LogP contribution >= 0.6 is 40.0 Å². The molecule has 0 bridgehead atoms. The number of aromatic nitrogens is 4. The molecular weight excluding hydrogens is 383 g/mol. The highest BCUT2D eigenvalue weighted by Gasteiger charge is 2.19. The van der Waals surface area contributed by atoms with Gasteiger partial charge in [0.25, 0.3) is 0 Å². The third-order valence-electron chi connectivity index (χ3n) is 3.10. The number of halogens is 2. The largest absolute Gasteiger partial charge is 0.355 e. The Hall–Kier alpha value is -0.200. The van der Waals surface area contributed by atoms with E-state index in [1.54, 1.807) is 0 Å². The number of anilines is 1. The molecule has 1 fully saturated rings. The zero-order valence-corrected chi connectivity index (χ0v) is 13.5. The standard InChI is InChI=1S/C10H12ClIN5P/c11-10-14-8(16-4-2-1-3-5-16)7-9(15-10)17(18-12)6-13-7/h6,18H,1-5H2. The topological polar surface area (TPSA) is 46.8 Å². The monoisotopic (exact) mass is 395 g/mol. The summed E-state index contributed by atoms with van der Waals surface area (Å²) in [6.07, 6.45) is 6.09. The molecule has 1 aliphatic heterocycles. The zero-order valence-electron chi connectivity index (χ0n) is 9.60. The highest BCUT2D eigenvalue weighted by Crippen LogP contribution is 2.32. The molecule has 8 heteroatoms. The van der Waals surface area contributed by atoms with E-state index >= 15 is 0 Å². The van der Waals surface area contributed by atoms with Gasteiger partial charge in [0, 0.05) is 13.1 Å². The lowest BCUT2D eigenvalue weighted by molar-refractivity contribution is 0.574. The van der Waals surface area contributed by atoms with Crippen LogP contribution in [0.1, 0.15) is 19.3 Å². The minimum atomic E-state index is 0.305. The molecule has 1 atom stereocenters. The van der Waals surface area contributed by atoms with Gasteiger partial charge in [0.1, 0.15) is 6.33 Å². The fourth-order valence-electron chi connectivity index (χ4n) is 2.25. The Labute approximate surface area is 125 Å². The Morgan fingerprint density at radius 2 is 2.00 bits per heavy atom. The minimum Gasteiger partial charge on any atom is -0.355 e. The number of hydrogen-bond acceptors (Lipinski definition) is 4. The van der Waals surface area contributed by atoms with Crippen LogP contribution in [0.5, 0.6) is 0 Å². The molecule has 0 radical (unpaired) electrons. The third kappa shape index (κ3) is 2.30. The van der Waals surface area contributed by atoms with Gasteiger partial charge in [-0.15, -0.1) is 0 Å². The van der Waals surface area contributed by atoms with E-state index in [9.17, 15) is 0 Å². The summed E-state index contributed by atoms with van der Waals surface area (Å²) in [6, 6.07) is 0. The van der Waals surface area contributed by atoms with Gasteiger partial charge in [-0.2, -0.15) is 9.97 Å². The fraction of sp³-hybridized carbons (Fsp3) is 0.500. The van der Waals surface area contributed by atoms with Crippen LogP contribution in [0.2, 0.25) is 5.28 Å². The lowest BCUT2D eigenvalue weighted by atomic mass is 10.1. The zero-order chi connectivity index (χ0) is 12.5. The van der Waals surface area contributed by atoms with Crippen LogP contribution in [0.3, 0.4) is 0 Å². The normalized spacial score (nSPS) is 17.1. The van der Waals surface area contributed by atoms with Crippen molar-refractivity contribution in [2.24, 2.45) is 0 Å². The van der Waals surface area contributed by atoms with E-state index in [-0.39, 0.29) is 0 Å². The van der Waals surface area contributed by atoms with Crippen LogP contribution in [0.25, 0.3) is 11.2 Å². The average molecular weight is 396 g/mol. The second-order valence-corrected chi connectivity index (χ2v) is 6.67. The van der Waals surface area contributed by atoms with Gasteiger partial charge in [0.15, 0.2) is 17.0 Å². The predicted octanol–water partition coefficient (Wildman–Crippen LogP) is 3.26. The van der Waals surface area contributed by atoms with Gasteiger partial charge in [0.05, 0.1) is 6.37 Å². The van der Waals surface area contributed by atoms with Crippen molar-refractivity contribution in [2.75, 3.05) is 18.0 Å². The molecule has 18 heavy (non-hydrogen) atoms. The maximum atomic E-state index is 6.04. The summed E-state index contributed by atoms with van der Waals surface area (Å²) >= 11 is 8.35. The molecule has 0 saturated carbocycles. The lowest BCUT2D eigenvalue weighted by Crippen LogP contribution is -2.30. The second kappa shape index (κ2) is 5.43. The van der Waals surface area contributed by atoms with Crippen molar-refractivity contribution < 1.29 is 0 Å². The van der Waals surface area contributed by atoms with Gasteiger partial charge in [-0.25, -0.2) is 4.98 Å². The molecule has 3 heterocycles. The summed E-state index contributed by atoms with van der Waals surface area (Å²) < 4.78 is 2.01. The fourth-order valence-corrected chi connectivity index (χ4v) is 3.80. The number of imidazole rings is 1. The smallest absolute Gasteiger partial charge is 0.226 e. The minimum absolute atomic E-state index is 0.305. The van der Waals surface area contributed by atoms with E-state index < -0.39 is 0 Å². The van der Waals surface area contributed by atoms with E-state index in [2.05, 4.69) is 41.9 Å². The Bertz CT molecular complexity index is 569. The summed E-state index contributed by atoms with van der Waals surface area (Å²) in [6.45, 7) is 2.06. The molecule has 5 nitrogen and oxygen atoms in total. The molecule has 0 amide bonds. The molecule has 96 valence electrons. The van der Waals surface area contributed by atoms with Gasteiger partial charge in [-0.05, 0) is 52.9 Å². The molecular formula is C10H12ClIN5P. The van der Waals surface area contributed by atoms with Crippen LogP contribution in [-0.2, 0) is 0 Å². The molecule has 0 N–H and O–H groups in total. The summed E-state index contributed by atoms with van der Waals surface area (Å²) in [5.41, 5.74) is 1.70. The molecule has 1 unspecified atom stereocenters. The van der Waals surface area contributed by atoms with Crippen molar-refractivity contribution in [1.29, 1.82) is 0 Å². The van der Waals surface area contributed by atoms with E-state index in [1.807, 2.05) is 10.7 Å². The van der Waals surface area contributed by atoms with Crippen LogP contribution in [0.15, 0.2) is 6.33 Å². The molecule has 0 aromatic carbocycles. The van der Waals surface area contributed by atoms with Crippen LogP contribution < -0.4 is 4.90 Å². The maximum Gasteiger partial charge on any atom is 0.226 e. The Morgan fingerprint density at radius 1 is 1.22 bits per heavy atom. The van der Waals surface area contributed by atoms with E-state index in [4.69, 9.17) is 11.6 Å². The Morgan fingerprint density at radius 3 is 2.72 bits per heavy atom. The maximum absolute atomic E-state index is 6.04. The SMILES string of the molecule is Clc1nc(N2CCCCC2)c2ncn(PI)c2n1. The summed E-state index contributed by atoms with van der Waals surface area (Å²) in [5, 5.41) is 0.305. The van der Waals surface area contributed by atoms with Gasteiger partial charge in [-0.3, -0.25) is 4.34 Å². The van der Waals surface area contributed by atoms with E-state index in [0.29, 0.717) is 11.7 Å². The van der Waals surface area contributed by atoms with Gasteiger partial charge in [0.2, 0.25) is 5.28 Å².